The number of carbonyl (C=O) groups is 1. The molecule has 4 heteroatoms. The SMILES string of the molecule is Cc1cccc(C(CC(=O)NCC(C)C)c2cn(Cc3ccc(F)cc3)c3ccccc23)c1. The lowest BCUT2D eigenvalue weighted by Crippen LogP contribution is -2.28. The van der Waals surface area contributed by atoms with Gasteiger partial charge in [-0.2, -0.15) is 0 Å². The fourth-order valence-electron chi connectivity index (χ4n) is 4.34. The number of halogens is 1. The fraction of sp³-hybridized carbons (Fsp3) is 0.276. The maximum Gasteiger partial charge on any atom is 0.220 e. The van der Waals surface area contributed by atoms with Crippen LogP contribution in [0, 0.1) is 18.7 Å². The number of hydrogen-bond acceptors (Lipinski definition) is 1. The van der Waals surface area contributed by atoms with Crippen molar-refractivity contribution in [3.05, 3.63) is 107 Å². The molecule has 1 atom stereocenters. The Morgan fingerprint density at radius 1 is 1.00 bits per heavy atom. The normalized spacial score (nSPS) is 12.3. The minimum Gasteiger partial charge on any atom is -0.356 e. The monoisotopic (exact) mass is 442 g/mol. The van der Waals surface area contributed by atoms with Crippen LogP contribution in [0.25, 0.3) is 10.9 Å². The second-order valence-corrected chi connectivity index (χ2v) is 9.22. The topological polar surface area (TPSA) is 34.0 Å². The molecule has 0 aliphatic carbocycles. The lowest BCUT2D eigenvalue weighted by atomic mass is 9.87. The van der Waals surface area contributed by atoms with Crippen molar-refractivity contribution in [3.8, 4) is 0 Å². The minimum atomic E-state index is -0.233. The summed E-state index contributed by atoms with van der Waals surface area (Å²) in [7, 11) is 0. The van der Waals surface area contributed by atoms with Gasteiger partial charge in [0.1, 0.15) is 5.82 Å². The number of fused-ring (bicyclic) bond motifs is 1. The third kappa shape index (κ3) is 5.51. The zero-order valence-electron chi connectivity index (χ0n) is 19.5. The van der Waals surface area contributed by atoms with E-state index in [-0.39, 0.29) is 17.6 Å². The third-order valence-electron chi connectivity index (χ3n) is 6.00. The van der Waals surface area contributed by atoms with Crippen LogP contribution in [-0.4, -0.2) is 17.0 Å². The van der Waals surface area contributed by atoms with Crippen molar-refractivity contribution in [2.45, 2.75) is 39.7 Å². The zero-order valence-corrected chi connectivity index (χ0v) is 19.5. The summed E-state index contributed by atoms with van der Waals surface area (Å²) in [5.74, 6) is 0.176. The lowest BCUT2D eigenvalue weighted by molar-refractivity contribution is -0.121. The maximum atomic E-state index is 13.4. The van der Waals surface area contributed by atoms with Crippen LogP contribution in [0.1, 0.15) is 48.4 Å². The molecule has 0 saturated heterocycles. The molecule has 1 heterocycles. The van der Waals surface area contributed by atoms with Gasteiger partial charge in [-0.05, 0) is 47.7 Å². The van der Waals surface area contributed by atoms with E-state index in [1.807, 2.05) is 24.3 Å². The van der Waals surface area contributed by atoms with Gasteiger partial charge in [0.2, 0.25) is 5.91 Å². The average molecular weight is 443 g/mol. The third-order valence-corrected chi connectivity index (χ3v) is 6.00. The summed E-state index contributed by atoms with van der Waals surface area (Å²) in [5, 5.41) is 4.23. The molecule has 3 aromatic carbocycles. The summed E-state index contributed by atoms with van der Waals surface area (Å²) in [5.41, 5.74) is 5.59. The molecular formula is C29H31FN2O. The molecule has 0 fully saturated rings. The first-order valence-corrected chi connectivity index (χ1v) is 11.6. The van der Waals surface area contributed by atoms with Gasteiger partial charge in [0.25, 0.3) is 0 Å². The molecule has 1 unspecified atom stereocenters. The van der Waals surface area contributed by atoms with Gasteiger partial charge < -0.3 is 9.88 Å². The summed E-state index contributed by atoms with van der Waals surface area (Å²) in [6.07, 6.45) is 2.55. The van der Waals surface area contributed by atoms with Crippen LogP contribution in [0.3, 0.4) is 0 Å². The Kier molecular flexibility index (Phi) is 6.93. The zero-order chi connectivity index (χ0) is 23.4. The number of para-hydroxylation sites is 1. The number of hydrogen-bond donors (Lipinski definition) is 1. The van der Waals surface area contributed by atoms with Gasteiger partial charge in [-0.1, -0.05) is 74.0 Å². The first kappa shape index (κ1) is 22.8. The maximum absolute atomic E-state index is 13.4. The van der Waals surface area contributed by atoms with Crippen molar-refractivity contribution in [2.75, 3.05) is 6.54 Å². The van der Waals surface area contributed by atoms with Gasteiger partial charge in [0.15, 0.2) is 0 Å². The number of benzene rings is 3. The number of carbonyl (C=O) groups excluding carboxylic acids is 1. The molecule has 0 spiro atoms. The van der Waals surface area contributed by atoms with Gasteiger partial charge in [-0.15, -0.1) is 0 Å². The van der Waals surface area contributed by atoms with Crippen molar-refractivity contribution in [3.63, 3.8) is 0 Å². The van der Waals surface area contributed by atoms with E-state index in [1.54, 1.807) is 0 Å². The first-order chi connectivity index (χ1) is 15.9. The molecule has 4 rings (SSSR count). The molecule has 0 bridgehead atoms. The smallest absolute Gasteiger partial charge is 0.220 e. The van der Waals surface area contributed by atoms with E-state index < -0.39 is 0 Å². The summed E-state index contributed by atoms with van der Waals surface area (Å²) in [4.78, 5) is 12.9. The van der Waals surface area contributed by atoms with Gasteiger partial charge >= 0.3 is 0 Å². The second kappa shape index (κ2) is 10.0. The Morgan fingerprint density at radius 3 is 2.48 bits per heavy atom. The Morgan fingerprint density at radius 2 is 1.76 bits per heavy atom. The number of aryl methyl sites for hydroxylation is 1. The number of nitrogens with zero attached hydrogens (tertiary/aromatic N) is 1. The van der Waals surface area contributed by atoms with E-state index >= 15 is 0 Å². The fourth-order valence-corrected chi connectivity index (χ4v) is 4.34. The minimum absolute atomic E-state index is 0.0589. The second-order valence-electron chi connectivity index (χ2n) is 9.22. The molecule has 0 aliphatic rings. The summed E-state index contributed by atoms with van der Waals surface area (Å²) in [6.45, 7) is 7.59. The van der Waals surface area contributed by atoms with Crippen LogP contribution >= 0.6 is 0 Å². The van der Waals surface area contributed by atoms with Gasteiger partial charge in [0, 0.05) is 42.5 Å². The molecule has 1 amide bonds. The summed E-state index contributed by atoms with van der Waals surface area (Å²) < 4.78 is 15.6. The number of aromatic nitrogens is 1. The Labute approximate surface area is 195 Å². The average Bonchev–Trinajstić information content (AvgIpc) is 3.16. The van der Waals surface area contributed by atoms with E-state index in [0.717, 1.165) is 27.6 Å². The molecule has 0 aliphatic heterocycles. The van der Waals surface area contributed by atoms with E-state index in [1.165, 1.54) is 17.7 Å². The Balaban J connectivity index is 1.75. The summed E-state index contributed by atoms with van der Waals surface area (Å²) in [6, 6.07) is 23.4. The van der Waals surface area contributed by atoms with Crippen molar-refractivity contribution >= 4 is 16.8 Å². The molecule has 1 aromatic heterocycles. The van der Waals surface area contributed by atoms with Crippen LogP contribution in [0.5, 0.6) is 0 Å². The van der Waals surface area contributed by atoms with Crippen molar-refractivity contribution in [1.29, 1.82) is 0 Å². The largest absolute Gasteiger partial charge is 0.356 e. The van der Waals surface area contributed by atoms with Gasteiger partial charge in [0.05, 0.1) is 0 Å². The molecule has 1 N–H and O–H groups in total. The Hall–Kier alpha value is -3.40. The predicted octanol–water partition coefficient (Wildman–Crippen LogP) is 6.43. The number of amides is 1. The highest BCUT2D eigenvalue weighted by Gasteiger charge is 2.23. The molecule has 0 saturated carbocycles. The number of rotatable bonds is 8. The van der Waals surface area contributed by atoms with Crippen LogP contribution in [0.15, 0.2) is 79.0 Å². The van der Waals surface area contributed by atoms with E-state index in [9.17, 15) is 9.18 Å². The van der Waals surface area contributed by atoms with Crippen LogP contribution in [-0.2, 0) is 11.3 Å². The molecular weight excluding hydrogens is 411 g/mol. The molecule has 4 aromatic rings. The Bertz CT molecular complexity index is 1240. The predicted molar refractivity (Wildman–Crippen MR) is 133 cm³/mol. The van der Waals surface area contributed by atoms with Crippen LogP contribution in [0.4, 0.5) is 4.39 Å². The lowest BCUT2D eigenvalue weighted by Gasteiger charge is -2.18. The highest BCUT2D eigenvalue weighted by Crippen LogP contribution is 2.35. The van der Waals surface area contributed by atoms with E-state index in [4.69, 9.17) is 0 Å². The van der Waals surface area contributed by atoms with Crippen molar-refractivity contribution in [1.82, 2.24) is 9.88 Å². The van der Waals surface area contributed by atoms with E-state index in [0.29, 0.717) is 25.4 Å². The highest BCUT2D eigenvalue weighted by molar-refractivity contribution is 5.86. The first-order valence-electron chi connectivity index (χ1n) is 11.6. The quantitative estimate of drug-likeness (QED) is 0.335. The van der Waals surface area contributed by atoms with Gasteiger partial charge in [-0.25, -0.2) is 4.39 Å². The highest BCUT2D eigenvalue weighted by atomic mass is 19.1. The van der Waals surface area contributed by atoms with Crippen LogP contribution in [0.2, 0.25) is 0 Å². The molecule has 170 valence electrons. The van der Waals surface area contributed by atoms with Crippen molar-refractivity contribution < 1.29 is 9.18 Å². The van der Waals surface area contributed by atoms with Crippen LogP contribution < -0.4 is 5.32 Å². The van der Waals surface area contributed by atoms with E-state index in [2.05, 4.69) is 73.3 Å². The molecule has 33 heavy (non-hydrogen) atoms. The molecule has 0 radical (unpaired) electrons. The number of nitrogens with one attached hydrogen (secondary N) is 1. The van der Waals surface area contributed by atoms with Crippen molar-refractivity contribution in [2.24, 2.45) is 5.92 Å². The summed E-state index contributed by atoms with van der Waals surface area (Å²) >= 11 is 0. The van der Waals surface area contributed by atoms with Gasteiger partial charge in [-0.3, -0.25) is 4.79 Å². The molecule has 3 nitrogen and oxygen atoms in total. The standard InChI is InChI=1S/C29H31FN2O/c1-20(2)17-31-29(33)16-26(23-8-6-7-21(3)15-23)27-19-32(28-10-5-4-9-25(27)28)18-22-11-13-24(30)14-12-22/h4-15,19-20,26H,16-18H2,1-3H3,(H,31,33).